The molecule has 1 aliphatic heterocycles. The summed E-state index contributed by atoms with van der Waals surface area (Å²) in [5, 5.41) is 0. The van der Waals surface area contributed by atoms with Gasteiger partial charge in [-0.1, -0.05) is 36.4 Å². The first-order chi connectivity index (χ1) is 9.16. The summed E-state index contributed by atoms with van der Waals surface area (Å²) in [4.78, 5) is 0. The van der Waals surface area contributed by atoms with Gasteiger partial charge in [-0.15, -0.1) is 0 Å². The van der Waals surface area contributed by atoms with Crippen molar-refractivity contribution in [3.63, 3.8) is 0 Å². The van der Waals surface area contributed by atoms with Gasteiger partial charge in [0, 0.05) is 18.5 Å². The van der Waals surface area contributed by atoms with Crippen LogP contribution < -0.4 is 10.5 Å². The van der Waals surface area contributed by atoms with Crippen LogP contribution in [0.3, 0.4) is 0 Å². The van der Waals surface area contributed by atoms with Crippen LogP contribution in [0.4, 0.5) is 8.78 Å². The lowest BCUT2D eigenvalue weighted by Gasteiger charge is -2.27. The van der Waals surface area contributed by atoms with E-state index in [2.05, 4.69) is 0 Å². The molecule has 1 aliphatic rings. The Labute approximate surface area is 109 Å². The molecule has 0 fully saturated rings. The number of rotatable bonds is 2. The molecule has 2 aromatic rings. The molecule has 3 rings (SSSR count). The maximum absolute atomic E-state index is 13.8. The van der Waals surface area contributed by atoms with Crippen molar-refractivity contribution in [3.05, 3.63) is 65.2 Å². The molecule has 1 heterocycles. The molecule has 98 valence electrons. The fraction of sp³-hybridized carbons (Fsp3) is 0.200. The van der Waals surface area contributed by atoms with Crippen LogP contribution >= 0.6 is 0 Å². The topological polar surface area (TPSA) is 35.2 Å². The average Bonchev–Trinajstić information content (AvgIpc) is 2.85. The summed E-state index contributed by atoms with van der Waals surface area (Å²) in [7, 11) is 0. The highest BCUT2D eigenvalue weighted by molar-refractivity contribution is 5.44. The lowest BCUT2D eigenvalue weighted by Crippen LogP contribution is -2.39. The van der Waals surface area contributed by atoms with E-state index in [9.17, 15) is 8.78 Å². The second-order valence-electron chi connectivity index (χ2n) is 4.69. The Bertz CT molecular complexity index is 615. The molecule has 0 spiro atoms. The summed E-state index contributed by atoms with van der Waals surface area (Å²) in [6.07, 6.45) is 0.444. The highest BCUT2D eigenvalue weighted by Crippen LogP contribution is 2.42. The molecular weight excluding hydrogens is 248 g/mol. The smallest absolute Gasteiger partial charge is 0.200 e. The van der Waals surface area contributed by atoms with E-state index in [0.717, 1.165) is 11.6 Å². The second kappa shape index (κ2) is 4.31. The van der Waals surface area contributed by atoms with Gasteiger partial charge in [0.15, 0.2) is 17.2 Å². The lowest BCUT2D eigenvalue weighted by molar-refractivity contribution is 0.0975. The van der Waals surface area contributed by atoms with Gasteiger partial charge in [0.2, 0.25) is 5.82 Å². The first kappa shape index (κ1) is 12.1. The molecule has 0 amide bonds. The largest absolute Gasteiger partial charge is 0.477 e. The second-order valence-corrected chi connectivity index (χ2v) is 4.69. The minimum absolute atomic E-state index is 0.0192. The zero-order valence-electron chi connectivity index (χ0n) is 10.2. The molecule has 2 nitrogen and oxygen atoms in total. The molecule has 0 aromatic heterocycles. The molecule has 19 heavy (non-hydrogen) atoms. The van der Waals surface area contributed by atoms with E-state index in [1.165, 1.54) is 0 Å². The van der Waals surface area contributed by atoms with E-state index >= 15 is 0 Å². The average molecular weight is 261 g/mol. The van der Waals surface area contributed by atoms with Gasteiger partial charge in [-0.05, 0) is 11.6 Å². The van der Waals surface area contributed by atoms with Crippen molar-refractivity contribution in [1.82, 2.24) is 0 Å². The lowest BCUT2D eigenvalue weighted by atomic mass is 9.89. The van der Waals surface area contributed by atoms with Crippen LogP contribution in [0.1, 0.15) is 11.1 Å². The van der Waals surface area contributed by atoms with Gasteiger partial charge < -0.3 is 10.5 Å². The quantitative estimate of drug-likeness (QED) is 0.902. The minimum Gasteiger partial charge on any atom is -0.477 e. The van der Waals surface area contributed by atoms with E-state index in [4.69, 9.17) is 10.5 Å². The van der Waals surface area contributed by atoms with Crippen LogP contribution in [0.25, 0.3) is 0 Å². The van der Waals surface area contributed by atoms with E-state index in [1.54, 1.807) is 6.07 Å². The highest BCUT2D eigenvalue weighted by atomic mass is 19.2. The first-order valence-corrected chi connectivity index (χ1v) is 6.08. The van der Waals surface area contributed by atoms with E-state index < -0.39 is 17.2 Å². The SMILES string of the molecule is NCC1(c2ccccc2)Cc2ccc(F)c(F)c2O1. The van der Waals surface area contributed by atoms with E-state index in [1.807, 2.05) is 30.3 Å². The predicted molar refractivity (Wildman–Crippen MR) is 67.9 cm³/mol. The molecule has 0 saturated heterocycles. The van der Waals surface area contributed by atoms with E-state index in [0.29, 0.717) is 12.0 Å². The third-order valence-corrected chi connectivity index (χ3v) is 3.53. The fourth-order valence-corrected chi connectivity index (χ4v) is 2.50. The maximum atomic E-state index is 13.8. The molecule has 2 N–H and O–H groups in total. The predicted octanol–water partition coefficient (Wildman–Crippen LogP) is 2.75. The number of hydrogen-bond donors (Lipinski definition) is 1. The molecule has 0 saturated carbocycles. The third-order valence-electron chi connectivity index (χ3n) is 3.53. The molecule has 4 heteroatoms. The van der Waals surface area contributed by atoms with Gasteiger partial charge in [-0.2, -0.15) is 4.39 Å². The van der Waals surface area contributed by atoms with Crippen LogP contribution in [-0.2, 0) is 12.0 Å². The first-order valence-electron chi connectivity index (χ1n) is 6.08. The zero-order valence-corrected chi connectivity index (χ0v) is 10.2. The van der Waals surface area contributed by atoms with Gasteiger partial charge in [0.05, 0.1) is 0 Å². The van der Waals surface area contributed by atoms with E-state index in [-0.39, 0.29) is 12.3 Å². The number of nitrogens with two attached hydrogens (primary N) is 1. The molecule has 1 atom stereocenters. The number of ether oxygens (including phenoxy) is 1. The normalized spacial score (nSPS) is 21.0. The van der Waals surface area contributed by atoms with Crippen LogP contribution in [0.5, 0.6) is 5.75 Å². The molecule has 2 aromatic carbocycles. The molecule has 0 radical (unpaired) electrons. The monoisotopic (exact) mass is 261 g/mol. The Balaban J connectivity index is 2.08. The van der Waals surface area contributed by atoms with Crippen molar-refractivity contribution >= 4 is 0 Å². The fourth-order valence-electron chi connectivity index (χ4n) is 2.50. The number of hydrogen-bond acceptors (Lipinski definition) is 2. The number of fused-ring (bicyclic) bond motifs is 1. The summed E-state index contributed by atoms with van der Waals surface area (Å²) in [5.74, 6) is -1.86. The van der Waals surface area contributed by atoms with Crippen molar-refractivity contribution in [3.8, 4) is 5.75 Å². The van der Waals surface area contributed by atoms with Crippen LogP contribution in [0.2, 0.25) is 0 Å². The Hall–Kier alpha value is -1.94. The summed E-state index contributed by atoms with van der Waals surface area (Å²) < 4.78 is 32.7. The van der Waals surface area contributed by atoms with Crippen molar-refractivity contribution in [2.45, 2.75) is 12.0 Å². The third kappa shape index (κ3) is 1.79. The van der Waals surface area contributed by atoms with Gasteiger partial charge in [0.25, 0.3) is 0 Å². The van der Waals surface area contributed by atoms with Gasteiger partial charge in [-0.3, -0.25) is 0 Å². The van der Waals surface area contributed by atoms with Crippen LogP contribution in [-0.4, -0.2) is 6.54 Å². The summed E-state index contributed by atoms with van der Waals surface area (Å²) in [6, 6.07) is 12.1. The summed E-state index contributed by atoms with van der Waals surface area (Å²) in [6.45, 7) is 0.201. The highest BCUT2D eigenvalue weighted by Gasteiger charge is 2.41. The number of halogens is 2. The standard InChI is InChI=1S/C15H13F2NO/c16-12-7-6-10-8-15(9-18,19-14(10)13(12)17)11-4-2-1-3-5-11/h1-7H,8-9,18H2. The maximum Gasteiger partial charge on any atom is 0.200 e. The van der Waals surface area contributed by atoms with Crippen LogP contribution in [0.15, 0.2) is 42.5 Å². The van der Waals surface area contributed by atoms with Gasteiger partial charge >= 0.3 is 0 Å². The zero-order chi connectivity index (χ0) is 13.5. The van der Waals surface area contributed by atoms with Crippen molar-refractivity contribution in [2.75, 3.05) is 6.54 Å². The minimum atomic E-state index is -0.941. The van der Waals surface area contributed by atoms with Crippen molar-refractivity contribution < 1.29 is 13.5 Å². The Morgan fingerprint density at radius 3 is 2.53 bits per heavy atom. The molecule has 0 bridgehead atoms. The summed E-state index contributed by atoms with van der Waals surface area (Å²) >= 11 is 0. The van der Waals surface area contributed by atoms with Gasteiger partial charge in [0.1, 0.15) is 0 Å². The van der Waals surface area contributed by atoms with Crippen molar-refractivity contribution in [2.24, 2.45) is 5.73 Å². The van der Waals surface area contributed by atoms with Crippen molar-refractivity contribution in [1.29, 1.82) is 0 Å². The van der Waals surface area contributed by atoms with Gasteiger partial charge in [-0.25, -0.2) is 4.39 Å². The summed E-state index contributed by atoms with van der Waals surface area (Å²) in [5.41, 5.74) is 6.54. The number of benzene rings is 2. The Kier molecular flexibility index (Phi) is 2.75. The molecule has 1 unspecified atom stereocenters. The van der Waals surface area contributed by atoms with Crippen LogP contribution in [0, 0.1) is 11.6 Å². The Morgan fingerprint density at radius 1 is 1.11 bits per heavy atom. The molecule has 0 aliphatic carbocycles. The molecular formula is C15H13F2NO. The Morgan fingerprint density at radius 2 is 1.84 bits per heavy atom.